The Morgan fingerprint density at radius 2 is 2.24 bits per heavy atom. The Balaban J connectivity index is 2.04. The zero-order chi connectivity index (χ0) is 14.9. The maximum absolute atomic E-state index is 12.9. The Bertz CT molecular complexity index is 745. The average molecular weight is 371 g/mol. The van der Waals surface area contributed by atoms with Crippen molar-refractivity contribution < 1.29 is 13.2 Å². The lowest BCUT2D eigenvalue weighted by Gasteiger charge is -2.31. The largest absolute Gasteiger partial charge is 0.375 e. The van der Waals surface area contributed by atoms with Crippen molar-refractivity contribution in [2.45, 2.75) is 11.0 Å². The number of ether oxygens (including phenoxy) is 1. The van der Waals surface area contributed by atoms with Crippen molar-refractivity contribution in [3.63, 3.8) is 0 Å². The highest BCUT2D eigenvalue weighted by Crippen LogP contribution is 2.26. The maximum Gasteiger partial charge on any atom is 0.243 e. The Labute approximate surface area is 132 Å². The summed E-state index contributed by atoms with van der Waals surface area (Å²) < 4.78 is 32.8. The highest BCUT2D eigenvalue weighted by molar-refractivity contribution is 9.09. The first-order valence-corrected chi connectivity index (χ1v) is 9.19. The van der Waals surface area contributed by atoms with Gasteiger partial charge in [0.25, 0.3) is 0 Å². The zero-order valence-corrected chi connectivity index (χ0v) is 13.7. The quantitative estimate of drug-likeness (QED) is 0.775. The second-order valence-corrected chi connectivity index (χ2v) is 7.42. The fourth-order valence-corrected chi connectivity index (χ4v) is 4.52. The SMILES string of the molecule is O=S(=O)(c1cccc2cnccc12)N1CCOC(CBr)C1. The third-order valence-electron chi connectivity index (χ3n) is 3.53. The number of hydrogen-bond acceptors (Lipinski definition) is 4. The van der Waals surface area contributed by atoms with E-state index in [2.05, 4.69) is 20.9 Å². The number of sulfonamides is 1. The summed E-state index contributed by atoms with van der Waals surface area (Å²) in [5.74, 6) is 0. The molecule has 0 radical (unpaired) electrons. The molecule has 1 atom stereocenters. The molecule has 1 saturated heterocycles. The van der Waals surface area contributed by atoms with Crippen LogP contribution in [0, 0.1) is 0 Å². The Morgan fingerprint density at radius 3 is 3.05 bits per heavy atom. The van der Waals surface area contributed by atoms with Gasteiger partial charge in [-0.2, -0.15) is 4.31 Å². The first kappa shape index (κ1) is 14.9. The van der Waals surface area contributed by atoms with Crippen LogP contribution in [0.15, 0.2) is 41.6 Å². The molecule has 1 fully saturated rings. The summed E-state index contributed by atoms with van der Waals surface area (Å²) in [6, 6.07) is 7.00. The molecule has 0 aliphatic carbocycles. The van der Waals surface area contributed by atoms with Crippen molar-refractivity contribution in [1.82, 2.24) is 9.29 Å². The van der Waals surface area contributed by atoms with E-state index in [1.807, 2.05) is 6.07 Å². The van der Waals surface area contributed by atoms with Crippen LogP contribution in [0.3, 0.4) is 0 Å². The number of rotatable bonds is 3. The monoisotopic (exact) mass is 370 g/mol. The van der Waals surface area contributed by atoms with Gasteiger partial charge in [0, 0.05) is 41.6 Å². The lowest BCUT2D eigenvalue weighted by Crippen LogP contribution is -2.46. The Kier molecular flexibility index (Phi) is 4.26. The van der Waals surface area contributed by atoms with Crippen LogP contribution in [0.4, 0.5) is 0 Å². The number of aromatic nitrogens is 1. The molecule has 112 valence electrons. The molecule has 21 heavy (non-hydrogen) atoms. The first-order chi connectivity index (χ1) is 10.1. The predicted octanol–water partition coefficient (Wildman–Crippen LogP) is 2.02. The van der Waals surface area contributed by atoms with Crippen LogP contribution >= 0.6 is 15.9 Å². The fourth-order valence-electron chi connectivity index (χ4n) is 2.46. The molecule has 0 bridgehead atoms. The lowest BCUT2D eigenvalue weighted by atomic mass is 10.2. The summed E-state index contributed by atoms with van der Waals surface area (Å²) in [6.07, 6.45) is 3.18. The topological polar surface area (TPSA) is 59.5 Å². The van der Waals surface area contributed by atoms with Crippen LogP contribution in [0.25, 0.3) is 10.8 Å². The minimum absolute atomic E-state index is 0.106. The molecular formula is C14H15BrN2O3S. The smallest absolute Gasteiger partial charge is 0.243 e. The number of fused-ring (bicyclic) bond motifs is 1. The van der Waals surface area contributed by atoms with E-state index in [9.17, 15) is 8.42 Å². The van der Waals surface area contributed by atoms with Gasteiger partial charge in [0.15, 0.2) is 0 Å². The van der Waals surface area contributed by atoms with E-state index < -0.39 is 10.0 Å². The summed E-state index contributed by atoms with van der Waals surface area (Å²) in [6.45, 7) is 1.17. The van der Waals surface area contributed by atoms with E-state index in [0.29, 0.717) is 35.3 Å². The maximum atomic E-state index is 12.9. The van der Waals surface area contributed by atoms with E-state index in [0.717, 1.165) is 5.39 Å². The van der Waals surface area contributed by atoms with Crippen LogP contribution < -0.4 is 0 Å². The molecule has 1 aromatic heterocycles. The molecular weight excluding hydrogens is 356 g/mol. The number of pyridine rings is 1. The van der Waals surface area contributed by atoms with Crippen LogP contribution in [0.1, 0.15) is 0 Å². The Morgan fingerprint density at radius 1 is 1.38 bits per heavy atom. The van der Waals surface area contributed by atoms with Crippen molar-refractivity contribution in [3.05, 3.63) is 36.7 Å². The predicted molar refractivity (Wildman–Crippen MR) is 84.0 cm³/mol. The van der Waals surface area contributed by atoms with E-state index >= 15 is 0 Å². The molecule has 0 N–H and O–H groups in total. The highest BCUT2D eigenvalue weighted by atomic mass is 79.9. The van der Waals surface area contributed by atoms with E-state index in [1.165, 1.54) is 4.31 Å². The van der Waals surface area contributed by atoms with Gasteiger partial charge in [0.05, 0.1) is 17.6 Å². The molecule has 5 nitrogen and oxygen atoms in total. The Hall–Kier alpha value is -1.02. The molecule has 3 rings (SSSR count). The highest BCUT2D eigenvalue weighted by Gasteiger charge is 2.31. The van der Waals surface area contributed by atoms with Crippen molar-refractivity contribution in [3.8, 4) is 0 Å². The molecule has 2 aromatic rings. The number of morpholine rings is 1. The molecule has 1 aliphatic heterocycles. The van der Waals surface area contributed by atoms with Crippen LogP contribution in [0.5, 0.6) is 0 Å². The minimum Gasteiger partial charge on any atom is -0.375 e. The third-order valence-corrected chi connectivity index (χ3v) is 6.18. The summed E-state index contributed by atoms with van der Waals surface area (Å²) in [5, 5.41) is 2.15. The van der Waals surface area contributed by atoms with Crippen LogP contribution in [-0.2, 0) is 14.8 Å². The summed E-state index contributed by atoms with van der Waals surface area (Å²) >= 11 is 3.35. The average Bonchev–Trinajstić information content (AvgIpc) is 2.54. The number of nitrogens with zero attached hydrogens (tertiary/aromatic N) is 2. The molecule has 1 aromatic carbocycles. The zero-order valence-electron chi connectivity index (χ0n) is 11.3. The molecule has 0 saturated carbocycles. The third kappa shape index (κ3) is 2.83. The van der Waals surface area contributed by atoms with Gasteiger partial charge in [0.1, 0.15) is 0 Å². The molecule has 1 aliphatic rings. The number of hydrogen-bond donors (Lipinski definition) is 0. The van der Waals surface area contributed by atoms with Crippen molar-refractivity contribution >= 4 is 36.7 Å². The van der Waals surface area contributed by atoms with Crippen LogP contribution in [-0.4, -0.2) is 48.8 Å². The van der Waals surface area contributed by atoms with E-state index in [1.54, 1.807) is 30.6 Å². The first-order valence-electron chi connectivity index (χ1n) is 6.63. The van der Waals surface area contributed by atoms with Gasteiger partial charge in [-0.15, -0.1) is 0 Å². The van der Waals surface area contributed by atoms with Crippen molar-refractivity contribution in [1.29, 1.82) is 0 Å². The summed E-state index contributed by atoms with van der Waals surface area (Å²) in [4.78, 5) is 4.37. The van der Waals surface area contributed by atoms with Gasteiger partial charge in [-0.05, 0) is 12.1 Å². The lowest BCUT2D eigenvalue weighted by molar-refractivity contribution is 0.0137. The molecule has 0 spiro atoms. The molecule has 2 heterocycles. The molecule has 7 heteroatoms. The van der Waals surface area contributed by atoms with Gasteiger partial charge in [-0.3, -0.25) is 4.98 Å². The van der Waals surface area contributed by atoms with Gasteiger partial charge >= 0.3 is 0 Å². The van der Waals surface area contributed by atoms with Crippen molar-refractivity contribution in [2.24, 2.45) is 0 Å². The van der Waals surface area contributed by atoms with E-state index in [-0.39, 0.29) is 6.10 Å². The standard InChI is InChI=1S/C14H15BrN2O3S/c15-8-12-10-17(6-7-20-12)21(18,19)14-3-1-2-11-9-16-5-4-13(11)14/h1-5,9,12H,6-8,10H2. The second kappa shape index (κ2) is 6.00. The number of halogens is 1. The second-order valence-electron chi connectivity index (χ2n) is 4.86. The van der Waals surface area contributed by atoms with Gasteiger partial charge in [-0.25, -0.2) is 8.42 Å². The fraction of sp³-hybridized carbons (Fsp3) is 0.357. The molecule has 0 amide bonds. The molecule has 1 unspecified atom stereocenters. The van der Waals surface area contributed by atoms with Crippen LogP contribution in [0.2, 0.25) is 0 Å². The van der Waals surface area contributed by atoms with Gasteiger partial charge in [0.2, 0.25) is 10.0 Å². The minimum atomic E-state index is -3.53. The van der Waals surface area contributed by atoms with Crippen molar-refractivity contribution in [2.75, 3.05) is 25.0 Å². The number of alkyl halides is 1. The number of benzene rings is 1. The van der Waals surface area contributed by atoms with Gasteiger partial charge in [-0.1, -0.05) is 28.1 Å². The van der Waals surface area contributed by atoms with E-state index in [4.69, 9.17) is 4.74 Å². The normalized spacial score (nSPS) is 20.7. The summed E-state index contributed by atoms with van der Waals surface area (Å²) in [5.41, 5.74) is 0. The van der Waals surface area contributed by atoms with Gasteiger partial charge < -0.3 is 4.74 Å². The summed E-state index contributed by atoms with van der Waals surface area (Å²) in [7, 11) is -3.53.